The van der Waals surface area contributed by atoms with Crippen LogP contribution in [0.1, 0.15) is 61.6 Å². The second-order valence-corrected chi connectivity index (χ2v) is 9.67. The third kappa shape index (κ3) is 4.09. The molecule has 2 aliphatic rings. The fraction of sp³-hybridized carbons (Fsp3) is 0.480. The Hall–Kier alpha value is -1.65. The molecule has 30 heavy (non-hydrogen) atoms. The van der Waals surface area contributed by atoms with E-state index in [2.05, 4.69) is 28.7 Å². The van der Waals surface area contributed by atoms with Crippen LogP contribution in [0.3, 0.4) is 0 Å². The van der Waals surface area contributed by atoms with Gasteiger partial charge in [0, 0.05) is 21.8 Å². The number of alkyl halides is 1. The molecule has 0 bridgehead atoms. The van der Waals surface area contributed by atoms with Crippen molar-refractivity contribution in [2.75, 3.05) is 11.0 Å². The summed E-state index contributed by atoms with van der Waals surface area (Å²) < 4.78 is 27.3. The zero-order chi connectivity index (χ0) is 21.3. The molecular formula is C25H27FINO2. The highest BCUT2D eigenvalue weighted by atomic mass is 127. The maximum Gasteiger partial charge on any atom is 0.123 e. The van der Waals surface area contributed by atoms with Crippen LogP contribution >= 0.6 is 22.6 Å². The number of hydrogen-bond donors (Lipinski definition) is 0. The first-order chi connectivity index (χ1) is 14.5. The fourth-order valence-corrected chi connectivity index (χ4v) is 6.23. The average molecular weight is 519 g/mol. The van der Waals surface area contributed by atoms with Crippen molar-refractivity contribution < 1.29 is 13.9 Å². The van der Waals surface area contributed by atoms with Crippen molar-refractivity contribution in [3.63, 3.8) is 0 Å². The molecule has 4 rings (SSSR count). The fourth-order valence-electron chi connectivity index (χ4n) is 5.28. The number of nitrogens with zero attached hydrogens (tertiary/aromatic N) is 1. The van der Waals surface area contributed by atoms with Gasteiger partial charge in [-0.15, -0.1) is 0 Å². The Bertz CT molecular complexity index is 939. The largest absolute Gasteiger partial charge is 0.491 e. The van der Waals surface area contributed by atoms with E-state index in [0.717, 1.165) is 35.0 Å². The molecule has 1 aliphatic heterocycles. The Morgan fingerprint density at radius 2 is 2.03 bits per heavy atom. The van der Waals surface area contributed by atoms with Gasteiger partial charge in [0.15, 0.2) is 0 Å². The predicted molar refractivity (Wildman–Crippen MR) is 124 cm³/mol. The van der Waals surface area contributed by atoms with Crippen molar-refractivity contribution in [1.29, 1.82) is 5.26 Å². The molecule has 1 heterocycles. The molecule has 0 radical (unpaired) electrons. The van der Waals surface area contributed by atoms with E-state index in [1.807, 2.05) is 44.2 Å². The van der Waals surface area contributed by atoms with E-state index in [-0.39, 0.29) is 29.4 Å². The number of halogens is 2. The van der Waals surface area contributed by atoms with Gasteiger partial charge in [-0.2, -0.15) is 5.26 Å². The van der Waals surface area contributed by atoms with Crippen molar-refractivity contribution in [1.82, 2.24) is 0 Å². The minimum absolute atomic E-state index is 0.0646. The molecule has 1 spiro atoms. The Morgan fingerprint density at radius 1 is 1.27 bits per heavy atom. The number of ether oxygens (including phenoxy) is 2. The van der Waals surface area contributed by atoms with E-state index in [9.17, 15) is 9.65 Å². The molecule has 1 saturated heterocycles. The smallest absolute Gasteiger partial charge is 0.123 e. The summed E-state index contributed by atoms with van der Waals surface area (Å²) in [6.45, 7) is 4.65. The summed E-state index contributed by atoms with van der Waals surface area (Å²) in [7, 11) is 0. The molecule has 3 nitrogen and oxygen atoms in total. The van der Waals surface area contributed by atoms with Crippen LogP contribution in [0.25, 0.3) is 0 Å². The highest BCUT2D eigenvalue weighted by molar-refractivity contribution is 14.1. The molecule has 5 heteroatoms. The Balaban J connectivity index is 1.67. The summed E-state index contributed by atoms with van der Waals surface area (Å²) in [6, 6.07) is 14.9. The summed E-state index contributed by atoms with van der Waals surface area (Å²) in [6.07, 6.45) is 3.09. The van der Waals surface area contributed by atoms with Crippen LogP contribution in [0.2, 0.25) is 0 Å². The standard InChI is InChI=1S/C25H27FINO2/c1-16(2)30-23-8-3-17(14-28)11-22(23)20-12-25(29-15-20)10-9-19(13-27)24(25)18-4-6-21(26)7-5-18/h3-8,11,16,19-20,24H,9-10,12-13,15H2,1-2H3/t19-,20-,24-,25-/m1/s1. The third-order valence-electron chi connectivity index (χ3n) is 6.51. The Kier molecular flexibility index (Phi) is 6.36. The normalized spacial score (nSPS) is 28.2. The molecule has 4 atom stereocenters. The third-order valence-corrected chi connectivity index (χ3v) is 7.64. The van der Waals surface area contributed by atoms with Gasteiger partial charge < -0.3 is 9.47 Å². The van der Waals surface area contributed by atoms with Gasteiger partial charge >= 0.3 is 0 Å². The Labute approximate surface area is 191 Å². The zero-order valence-corrected chi connectivity index (χ0v) is 19.6. The second-order valence-electron chi connectivity index (χ2n) is 8.79. The van der Waals surface area contributed by atoms with Crippen LogP contribution in [-0.4, -0.2) is 22.7 Å². The first kappa shape index (κ1) is 21.6. The van der Waals surface area contributed by atoms with Crippen molar-refractivity contribution in [3.8, 4) is 11.8 Å². The lowest BCUT2D eigenvalue weighted by atomic mass is 9.76. The zero-order valence-electron chi connectivity index (χ0n) is 17.4. The molecule has 0 unspecified atom stereocenters. The second kappa shape index (κ2) is 8.84. The number of hydrogen-bond acceptors (Lipinski definition) is 3. The van der Waals surface area contributed by atoms with E-state index in [4.69, 9.17) is 9.47 Å². The van der Waals surface area contributed by atoms with Gasteiger partial charge in [0.05, 0.1) is 29.9 Å². The van der Waals surface area contributed by atoms with E-state index in [1.54, 1.807) is 12.1 Å². The maximum absolute atomic E-state index is 13.6. The molecule has 1 aliphatic carbocycles. The molecule has 0 N–H and O–H groups in total. The first-order valence-electron chi connectivity index (χ1n) is 10.6. The van der Waals surface area contributed by atoms with Gasteiger partial charge in [0.2, 0.25) is 0 Å². The molecule has 158 valence electrons. The SMILES string of the molecule is CC(C)Oc1ccc(C#N)cc1[C@H]1CO[C@]2(CC[C@H](CI)[C@H]2c2ccc(F)cc2)C1. The van der Waals surface area contributed by atoms with E-state index in [1.165, 1.54) is 5.56 Å². The average Bonchev–Trinajstić information content (AvgIpc) is 3.33. The van der Waals surface area contributed by atoms with Gasteiger partial charge in [0.1, 0.15) is 11.6 Å². The predicted octanol–water partition coefficient (Wildman–Crippen LogP) is 6.36. The number of benzene rings is 2. The van der Waals surface area contributed by atoms with Crippen LogP contribution < -0.4 is 4.74 Å². The van der Waals surface area contributed by atoms with Crippen molar-refractivity contribution in [2.24, 2.45) is 5.92 Å². The van der Waals surface area contributed by atoms with Crippen LogP contribution in [0, 0.1) is 23.1 Å². The van der Waals surface area contributed by atoms with Crippen molar-refractivity contribution >= 4 is 22.6 Å². The molecule has 2 aromatic carbocycles. The summed E-state index contributed by atoms with van der Waals surface area (Å²) >= 11 is 2.47. The van der Waals surface area contributed by atoms with Crippen LogP contribution in [0.15, 0.2) is 42.5 Å². The van der Waals surface area contributed by atoms with Gasteiger partial charge in [0.25, 0.3) is 0 Å². The molecule has 0 amide bonds. The van der Waals surface area contributed by atoms with Gasteiger partial charge in [-0.05, 0) is 74.9 Å². The lowest BCUT2D eigenvalue weighted by Gasteiger charge is -2.33. The molecule has 2 fully saturated rings. The van der Waals surface area contributed by atoms with Gasteiger partial charge in [-0.1, -0.05) is 34.7 Å². The van der Waals surface area contributed by atoms with Crippen molar-refractivity contribution in [2.45, 2.75) is 56.7 Å². The van der Waals surface area contributed by atoms with E-state index < -0.39 is 0 Å². The summed E-state index contributed by atoms with van der Waals surface area (Å²) in [4.78, 5) is 0. The Morgan fingerprint density at radius 3 is 2.70 bits per heavy atom. The molecule has 2 aromatic rings. The van der Waals surface area contributed by atoms with Crippen LogP contribution in [0.5, 0.6) is 5.75 Å². The van der Waals surface area contributed by atoms with Gasteiger partial charge in [-0.3, -0.25) is 0 Å². The van der Waals surface area contributed by atoms with Crippen molar-refractivity contribution in [3.05, 3.63) is 65.0 Å². The topological polar surface area (TPSA) is 42.2 Å². The molecular weight excluding hydrogens is 492 g/mol. The monoisotopic (exact) mass is 519 g/mol. The minimum Gasteiger partial charge on any atom is -0.491 e. The van der Waals surface area contributed by atoms with E-state index >= 15 is 0 Å². The highest BCUT2D eigenvalue weighted by Crippen LogP contribution is 2.57. The summed E-state index contributed by atoms with van der Waals surface area (Å²) in [5.74, 6) is 1.60. The molecule has 0 aromatic heterocycles. The summed E-state index contributed by atoms with van der Waals surface area (Å²) in [5, 5.41) is 9.41. The lowest BCUT2D eigenvalue weighted by molar-refractivity contribution is -0.00806. The highest BCUT2D eigenvalue weighted by Gasteiger charge is 2.54. The number of nitriles is 1. The number of rotatable bonds is 5. The van der Waals surface area contributed by atoms with E-state index in [0.29, 0.717) is 18.1 Å². The lowest BCUT2D eigenvalue weighted by Crippen LogP contribution is -2.33. The van der Waals surface area contributed by atoms with Gasteiger partial charge in [-0.25, -0.2) is 4.39 Å². The van der Waals surface area contributed by atoms with Crippen LogP contribution in [-0.2, 0) is 4.74 Å². The minimum atomic E-state index is -0.240. The molecule has 1 saturated carbocycles. The first-order valence-corrected chi connectivity index (χ1v) is 12.1. The van der Waals surface area contributed by atoms with Crippen LogP contribution in [0.4, 0.5) is 4.39 Å². The maximum atomic E-state index is 13.6. The summed E-state index contributed by atoms with van der Waals surface area (Å²) in [5.41, 5.74) is 2.64. The quantitative estimate of drug-likeness (QED) is 0.341.